The number of carbonyl (C=O) groups is 1. The van der Waals surface area contributed by atoms with Crippen LogP contribution in [0.2, 0.25) is 0 Å². The van der Waals surface area contributed by atoms with Gasteiger partial charge in [0.15, 0.2) is 0 Å². The molecule has 0 aliphatic heterocycles. The summed E-state index contributed by atoms with van der Waals surface area (Å²) in [6.45, 7) is 12.9. The maximum Gasteiger partial charge on any atom is 0.224 e. The maximum atomic E-state index is 12.1. The van der Waals surface area contributed by atoms with Crippen LogP contribution in [0.5, 0.6) is 0 Å². The first kappa shape index (κ1) is 14.4. The lowest BCUT2D eigenvalue weighted by Crippen LogP contribution is -2.42. The zero-order chi connectivity index (χ0) is 13.6. The Morgan fingerprint density at radius 3 is 2.00 bits per heavy atom. The highest BCUT2D eigenvalue weighted by molar-refractivity contribution is 7.80. The molecule has 0 heterocycles. The first-order valence-electron chi connectivity index (χ1n) is 6.02. The normalized spacial score (nSPS) is 22.0. The van der Waals surface area contributed by atoms with Crippen molar-refractivity contribution in [3.63, 3.8) is 0 Å². The second-order valence-electron chi connectivity index (χ2n) is 6.84. The molecule has 0 saturated heterocycles. The lowest BCUT2D eigenvalue weighted by Gasteiger charge is -2.23. The van der Waals surface area contributed by atoms with Gasteiger partial charge >= 0.3 is 0 Å². The largest absolute Gasteiger partial charge is 0.393 e. The first-order chi connectivity index (χ1) is 7.44. The number of hydrogen-bond donors (Lipinski definition) is 2. The molecule has 3 N–H and O–H groups in total. The van der Waals surface area contributed by atoms with Crippen molar-refractivity contribution in [1.29, 1.82) is 0 Å². The number of thiocarbonyl (C=S) groups is 1. The van der Waals surface area contributed by atoms with Gasteiger partial charge in [0.05, 0.1) is 4.99 Å². The van der Waals surface area contributed by atoms with E-state index in [4.69, 9.17) is 18.0 Å². The van der Waals surface area contributed by atoms with E-state index >= 15 is 0 Å². The molecule has 0 unspecified atom stereocenters. The minimum absolute atomic E-state index is 0.0739. The highest BCUT2D eigenvalue weighted by Gasteiger charge is 2.68. The van der Waals surface area contributed by atoms with E-state index in [2.05, 4.69) is 33.0 Å². The molecule has 3 nitrogen and oxygen atoms in total. The summed E-state index contributed by atoms with van der Waals surface area (Å²) in [6.07, 6.45) is 0. The summed E-state index contributed by atoms with van der Waals surface area (Å²) in [5.41, 5.74) is 5.46. The lowest BCUT2D eigenvalue weighted by molar-refractivity contribution is -0.123. The predicted molar refractivity (Wildman–Crippen MR) is 74.6 cm³/mol. The third-order valence-electron chi connectivity index (χ3n) is 4.65. The van der Waals surface area contributed by atoms with Gasteiger partial charge in [-0.15, -0.1) is 0 Å². The van der Waals surface area contributed by atoms with Crippen LogP contribution in [-0.4, -0.2) is 17.4 Å². The molecule has 1 amide bonds. The van der Waals surface area contributed by atoms with Crippen LogP contribution in [0.3, 0.4) is 0 Å². The quantitative estimate of drug-likeness (QED) is 0.757. The average molecular weight is 256 g/mol. The van der Waals surface area contributed by atoms with E-state index in [0.29, 0.717) is 11.5 Å². The van der Waals surface area contributed by atoms with Gasteiger partial charge in [0.25, 0.3) is 0 Å². The Morgan fingerprint density at radius 2 is 1.71 bits per heavy atom. The molecular weight excluding hydrogens is 232 g/mol. The summed E-state index contributed by atoms with van der Waals surface area (Å²) in [5, 5.41) is 2.97. The van der Waals surface area contributed by atoms with E-state index < -0.39 is 0 Å². The van der Waals surface area contributed by atoms with Crippen LogP contribution in [0.1, 0.15) is 41.5 Å². The molecule has 0 atom stereocenters. The molecule has 0 aromatic rings. The SMILES string of the molecule is CC(C)(CNC(=O)C1C(C)(C)C1(C)C)C(N)=S. The monoisotopic (exact) mass is 256 g/mol. The fourth-order valence-corrected chi connectivity index (χ4v) is 2.42. The molecule has 0 bridgehead atoms. The Kier molecular flexibility index (Phi) is 3.34. The zero-order valence-electron chi connectivity index (χ0n) is 11.7. The fraction of sp³-hybridized carbons (Fsp3) is 0.846. The van der Waals surface area contributed by atoms with Gasteiger partial charge in [0.2, 0.25) is 5.91 Å². The van der Waals surface area contributed by atoms with E-state index in [1.54, 1.807) is 0 Å². The summed E-state index contributed by atoms with van der Waals surface area (Å²) >= 11 is 4.98. The molecular formula is C13H24N2OS. The highest BCUT2D eigenvalue weighted by Crippen LogP contribution is 2.68. The van der Waals surface area contributed by atoms with Crippen LogP contribution in [0.25, 0.3) is 0 Å². The minimum atomic E-state index is -0.325. The average Bonchev–Trinajstić information content (AvgIpc) is 2.54. The summed E-state index contributed by atoms with van der Waals surface area (Å²) in [5.74, 6) is 0.196. The van der Waals surface area contributed by atoms with Crippen molar-refractivity contribution in [2.24, 2.45) is 27.9 Å². The number of carbonyl (C=O) groups excluding carboxylic acids is 1. The Labute approximate surface area is 110 Å². The molecule has 0 aromatic carbocycles. The summed E-state index contributed by atoms with van der Waals surface area (Å²) in [7, 11) is 0. The van der Waals surface area contributed by atoms with Crippen molar-refractivity contribution >= 4 is 23.1 Å². The van der Waals surface area contributed by atoms with Gasteiger partial charge in [-0.2, -0.15) is 0 Å². The second kappa shape index (κ2) is 3.94. The molecule has 0 aromatic heterocycles. The molecule has 1 aliphatic carbocycles. The van der Waals surface area contributed by atoms with Crippen molar-refractivity contribution in [1.82, 2.24) is 5.32 Å². The lowest BCUT2D eigenvalue weighted by atomic mass is 9.93. The smallest absolute Gasteiger partial charge is 0.224 e. The van der Waals surface area contributed by atoms with Crippen LogP contribution in [0, 0.1) is 22.2 Å². The molecule has 1 aliphatic rings. The van der Waals surface area contributed by atoms with Gasteiger partial charge in [-0.25, -0.2) is 0 Å². The Morgan fingerprint density at radius 1 is 1.29 bits per heavy atom. The summed E-state index contributed by atoms with van der Waals surface area (Å²) in [6, 6.07) is 0. The van der Waals surface area contributed by atoms with E-state index in [1.165, 1.54) is 0 Å². The predicted octanol–water partition coefficient (Wildman–Crippen LogP) is 2.10. The summed E-state index contributed by atoms with van der Waals surface area (Å²) in [4.78, 5) is 12.5. The van der Waals surface area contributed by atoms with Gasteiger partial charge in [-0.3, -0.25) is 4.79 Å². The van der Waals surface area contributed by atoms with Crippen LogP contribution in [0.15, 0.2) is 0 Å². The molecule has 17 heavy (non-hydrogen) atoms. The summed E-state index contributed by atoms with van der Waals surface area (Å²) < 4.78 is 0. The van der Waals surface area contributed by atoms with Gasteiger partial charge in [-0.1, -0.05) is 53.8 Å². The number of hydrogen-bond acceptors (Lipinski definition) is 2. The molecule has 1 rings (SSSR count). The molecule has 0 radical (unpaired) electrons. The fourth-order valence-electron chi connectivity index (χ4n) is 2.35. The number of amides is 1. The standard InChI is InChI=1S/C13H24N2OS/c1-11(2,10(14)17)7-15-9(16)8-12(3,4)13(8,5)6/h8H,7H2,1-6H3,(H2,14,17)(H,15,16). The van der Waals surface area contributed by atoms with Gasteiger partial charge in [0.1, 0.15) is 0 Å². The van der Waals surface area contributed by atoms with Crippen LogP contribution < -0.4 is 11.1 Å². The van der Waals surface area contributed by atoms with Crippen molar-refractivity contribution in [3.8, 4) is 0 Å². The van der Waals surface area contributed by atoms with E-state index in [9.17, 15) is 4.79 Å². The minimum Gasteiger partial charge on any atom is -0.393 e. The van der Waals surface area contributed by atoms with Crippen molar-refractivity contribution in [3.05, 3.63) is 0 Å². The zero-order valence-corrected chi connectivity index (χ0v) is 12.5. The Balaban J connectivity index is 2.57. The number of nitrogens with one attached hydrogen (secondary N) is 1. The second-order valence-corrected chi connectivity index (χ2v) is 7.28. The number of nitrogens with two attached hydrogens (primary N) is 1. The third kappa shape index (κ3) is 2.32. The van der Waals surface area contributed by atoms with Crippen LogP contribution >= 0.6 is 12.2 Å². The first-order valence-corrected chi connectivity index (χ1v) is 6.43. The van der Waals surface area contributed by atoms with Crippen LogP contribution in [-0.2, 0) is 4.79 Å². The van der Waals surface area contributed by atoms with E-state index in [1.807, 2.05) is 13.8 Å². The van der Waals surface area contributed by atoms with Gasteiger partial charge in [0, 0.05) is 17.9 Å². The third-order valence-corrected chi connectivity index (χ3v) is 5.21. The van der Waals surface area contributed by atoms with Gasteiger partial charge < -0.3 is 11.1 Å². The highest BCUT2D eigenvalue weighted by atomic mass is 32.1. The van der Waals surface area contributed by atoms with Crippen LogP contribution in [0.4, 0.5) is 0 Å². The molecule has 98 valence electrons. The molecule has 4 heteroatoms. The molecule has 1 fully saturated rings. The van der Waals surface area contributed by atoms with Gasteiger partial charge in [-0.05, 0) is 10.8 Å². The maximum absolute atomic E-state index is 12.1. The Hall–Kier alpha value is -0.640. The number of rotatable bonds is 4. The van der Waals surface area contributed by atoms with Crippen molar-refractivity contribution in [2.75, 3.05) is 6.54 Å². The molecule has 1 saturated carbocycles. The molecule has 0 spiro atoms. The van der Waals surface area contributed by atoms with E-state index in [0.717, 1.165) is 0 Å². The topological polar surface area (TPSA) is 55.1 Å². The van der Waals surface area contributed by atoms with E-state index in [-0.39, 0.29) is 28.1 Å². The van der Waals surface area contributed by atoms with Crippen molar-refractivity contribution in [2.45, 2.75) is 41.5 Å². The Bertz CT molecular complexity index is 344. The van der Waals surface area contributed by atoms with Crippen molar-refractivity contribution < 1.29 is 4.79 Å².